The lowest BCUT2D eigenvalue weighted by atomic mass is 10.1. The van der Waals surface area contributed by atoms with Gasteiger partial charge in [-0.15, -0.1) is 0 Å². The molecular formula is C48H94N2O6. The number of amides is 1. The molecule has 0 aromatic carbocycles. The Labute approximate surface area is 348 Å². The van der Waals surface area contributed by atoms with E-state index in [1.165, 1.54) is 146 Å². The minimum Gasteiger partial charge on any atom is -0.446 e. The van der Waals surface area contributed by atoms with Crippen molar-refractivity contribution in [1.82, 2.24) is 9.80 Å². The molecule has 0 radical (unpaired) electrons. The number of likely N-dealkylation sites (N-methyl/N-ethyl adjacent to an activating group) is 1. The van der Waals surface area contributed by atoms with Gasteiger partial charge in [-0.25, -0.2) is 0 Å². The number of esters is 1. The predicted octanol–water partition coefficient (Wildman–Crippen LogP) is 13.3. The first kappa shape index (κ1) is 58.1. The first-order valence-corrected chi connectivity index (χ1v) is 23.5. The van der Waals surface area contributed by atoms with Crippen LogP contribution >= 0.6 is 0 Å². The van der Waals surface area contributed by atoms with Gasteiger partial charge in [0.05, 0.1) is 6.61 Å². The SMILES string of the molecule is CC.CCCCCCCC/C=C\CCCCCCCC.CCCCCCCC/C=C\CCCCCCCC(=O)OCN(COC=O)C(=O)CCCN(C)CCO. The topological polar surface area (TPSA) is 96.4 Å². The van der Waals surface area contributed by atoms with Crippen LogP contribution in [-0.2, 0) is 23.9 Å². The maximum Gasteiger partial charge on any atom is 0.307 e. The first-order chi connectivity index (χ1) is 27.5. The van der Waals surface area contributed by atoms with Gasteiger partial charge in [-0.1, -0.05) is 174 Å². The fraction of sp³-hybridized carbons (Fsp3) is 0.854. The second kappa shape index (κ2) is 52.8. The molecule has 0 bridgehead atoms. The zero-order valence-electron chi connectivity index (χ0n) is 38.0. The molecule has 0 atom stereocenters. The van der Waals surface area contributed by atoms with E-state index in [1.54, 1.807) is 0 Å². The van der Waals surface area contributed by atoms with Gasteiger partial charge in [0.2, 0.25) is 5.91 Å². The minimum absolute atomic E-state index is 0.0659. The third-order valence-corrected chi connectivity index (χ3v) is 9.70. The lowest BCUT2D eigenvalue weighted by molar-refractivity contribution is -0.159. The highest BCUT2D eigenvalue weighted by atomic mass is 16.6. The van der Waals surface area contributed by atoms with Gasteiger partial charge in [-0.2, -0.15) is 0 Å². The molecule has 0 saturated heterocycles. The van der Waals surface area contributed by atoms with Crippen molar-refractivity contribution in [3.05, 3.63) is 24.3 Å². The van der Waals surface area contributed by atoms with E-state index in [0.29, 0.717) is 25.9 Å². The van der Waals surface area contributed by atoms with Crippen LogP contribution in [0.25, 0.3) is 0 Å². The Bertz CT molecular complexity index is 832. The van der Waals surface area contributed by atoms with Gasteiger partial charge in [-0.3, -0.25) is 19.3 Å². The van der Waals surface area contributed by atoms with E-state index in [0.717, 1.165) is 32.1 Å². The summed E-state index contributed by atoms with van der Waals surface area (Å²) < 4.78 is 9.92. The monoisotopic (exact) mass is 795 g/mol. The summed E-state index contributed by atoms with van der Waals surface area (Å²) in [6.45, 7) is 11.9. The highest BCUT2D eigenvalue weighted by Crippen LogP contribution is 2.12. The summed E-state index contributed by atoms with van der Waals surface area (Å²) in [6, 6.07) is 0. The average Bonchev–Trinajstić information content (AvgIpc) is 3.20. The highest BCUT2D eigenvalue weighted by molar-refractivity contribution is 5.76. The molecule has 0 fully saturated rings. The number of allylic oxidation sites excluding steroid dienone is 4. The molecule has 0 spiro atoms. The molecule has 8 heteroatoms. The van der Waals surface area contributed by atoms with Crippen molar-refractivity contribution >= 4 is 18.3 Å². The highest BCUT2D eigenvalue weighted by Gasteiger charge is 2.16. The van der Waals surface area contributed by atoms with Crippen molar-refractivity contribution < 1.29 is 29.0 Å². The number of nitrogens with zero attached hydrogens (tertiary/aromatic N) is 2. The summed E-state index contributed by atoms with van der Waals surface area (Å²) in [5.74, 6) is -0.595. The van der Waals surface area contributed by atoms with Crippen LogP contribution in [0.2, 0.25) is 0 Å². The van der Waals surface area contributed by atoms with Crippen LogP contribution in [0.5, 0.6) is 0 Å². The zero-order chi connectivity index (χ0) is 42.0. The van der Waals surface area contributed by atoms with Crippen molar-refractivity contribution in [3.63, 3.8) is 0 Å². The molecule has 0 aliphatic rings. The van der Waals surface area contributed by atoms with Gasteiger partial charge >= 0.3 is 5.97 Å². The van der Waals surface area contributed by atoms with E-state index < -0.39 is 0 Å². The molecular weight excluding hydrogens is 701 g/mol. The molecule has 0 aromatic rings. The maximum atomic E-state index is 12.4. The molecule has 0 rings (SSSR count). The fourth-order valence-corrected chi connectivity index (χ4v) is 6.13. The zero-order valence-corrected chi connectivity index (χ0v) is 38.0. The van der Waals surface area contributed by atoms with E-state index in [9.17, 15) is 14.4 Å². The Morgan fingerprint density at radius 3 is 1.30 bits per heavy atom. The Morgan fingerprint density at radius 1 is 0.518 bits per heavy atom. The largest absolute Gasteiger partial charge is 0.446 e. The molecule has 0 aromatic heterocycles. The second-order valence-corrected chi connectivity index (χ2v) is 15.0. The van der Waals surface area contributed by atoms with E-state index in [4.69, 9.17) is 14.6 Å². The number of carbonyl (C=O) groups is 3. The van der Waals surface area contributed by atoms with Gasteiger partial charge < -0.3 is 19.5 Å². The summed E-state index contributed by atoms with van der Waals surface area (Å²) in [5, 5.41) is 8.92. The molecule has 332 valence electrons. The van der Waals surface area contributed by atoms with Crippen LogP contribution in [0.3, 0.4) is 0 Å². The van der Waals surface area contributed by atoms with E-state index in [2.05, 4.69) is 45.1 Å². The molecule has 1 N–H and O–H groups in total. The summed E-state index contributed by atoms with van der Waals surface area (Å²) in [5.41, 5.74) is 0. The molecule has 8 nitrogen and oxygen atoms in total. The van der Waals surface area contributed by atoms with E-state index in [-0.39, 0.29) is 44.8 Å². The van der Waals surface area contributed by atoms with Gasteiger partial charge in [0.25, 0.3) is 6.47 Å². The number of aliphatic hydroxyl groups is 1. The van der Waals surface area contributed by atoms with Crippen LogP contribution < -0.4 is 0 Å². The van der Waals surface area contributed by atoms with E-state index >= 15 is 0 Å². The van der Waals surface area contributed by atoms with Gasteiger partial charge in [0, 0.05) is 19.4 Å². The molecule has 1 amide bonds. The number of aliphatic hydroxyl groups excluding tert-OH is 1. The third-order valence-electron chi connectivity index (χ3n) is 9.70. The lowest BCUT2D eigenvalue weighted by Crippen LogP contribution is -2.36. The van der Waals surface area contributed by atoms with Crippen molar-refractivity contribution in [3.8, 4) is 0 Å². The normalized spacial score (nSPS) is 11.0. The maximum absolute atomic E-state index is 12.4. The van der Waals surface area contributed by atoms with Crippen LogP contribution in [-0.4, -0.2) is 73.5 Å². The summed E-state index contributed by atoms with van der Waals surface area (Å²) in [6.07, 6.45) is 45.8. The molecule has 0 aliphatic carbocycles. The lowest BCUT2D eigenvalue weighted by Gasteiger charge is -2.22. The summed E-state index contributed by atoms with van der Waals surface area (Å²) >= 11 is 0. The quantitative estimate of drug-likeness (QED) is 0.0217. The summed E-state index contributed by atoms with van der Waals surface area (Å²) in [4.78, 5) is 38.1. The Balaban J connectivity index is -0.00000117. The molecule has 0 heterocycles. The fourth-order valence-electron chi connectivity index (χ4n) is 6.13. The van der Waals surface area contributed by atoms with Gasteiger partial charge in [0.15, 0.2) is 13.5 Å². The van der Waals surface area contributed by atoms with Crippen LogP contribution in [0.1, 0.15) is 227 Å². The van der Waals surface area contributed by atoms with Crippen molar-refractivity contribution in [2.45, 2.75) is 227 Å². The van der Waals surface area contributed by atoms with E-state index in [1.807, 2.05) is 25.8 Å². The molecule has 0 saturated carbocycles. The first-order valence-electron chi connectivity index (χ1n) is 23.5. The number of carbonyl (C=O) groups excluding carboxylic acids is 3. The molecule has 0 aliphatic heterocycles. The number of hydrogen-bond acceptors (Lipinski definition) is 7. The number of rotatable bonds is 40. The van der Waals surface area contributed by atoms with Crippen LogP contribution in [0, 0.1) is 0 Å². The molecule has 56 heavy (non-hydrogen) atoms. The number of hydrogen-bond donors (Lipinski definition) is 1. The standard InChI is InChI=1S/C28H52N2O6.C18H36.C2H6/c1-3-4-5-6-7-8-9-10-11-12-13-14-15-16-17-20-28(34)36-25-30(24-35-26-32)27(33)19-18-21-29(2)22-23-31;1-3-5-7-9-11-13-15-17-18-16-14-12-10-8-6-4-2;1-2/h10-11,26,31H,3-9,12-25H2,1-2H3;17-18H,3-16H2,1-2H3;1-2H3/b11-10-;18-17-;. The molecule has 0 unspecified atom stereocenters. The minimum atomic E-state index is -0.348. The van der Waals surface area contributed by atoms with Crippen molar-refractivity contribution in [2.75, 3.05) is 40.2 Å². The number of ether oxygens (including phenoxy) is 2. The average molecular weight is 795 g/mol. The Kier molecular flexibility index (Phi) is 54.8. The van der Waals surface area contributed by atoms with Crippen LogP contribution in [0.15, 0.2) is 24.3 Å². The second-order valence-electron chi connectivity index (χ2n) is 15.0. The Hall–Kier alpha value is -2.19. The smallest absolute Gasteiger partial charge is 0.307 e. The van der Waals surface area contributed by atoms with Crippen LogP contribution in [0.4, 0.5) is 0 Å². The summed E-state index contributed by atoms with van der Waals surface area (Å²) in [7, 11) is 1.87. The van der Waals surface area contributed by atoms with Gasteiger partial charge in [-0.05, 0) is 77.8 Å². The van der Waals surface area contributed by atoms with Crippen molar-refractivity contribution in [1.29, 1.82) is 0 Å². The van der Waals surface area contributed by atoms with Crippen molar-refractivity contribution in [2.24, 2.45) is 0 Å². The predicted molar refractivity (Wildman–Crippen MR) is 240 cm³/mol. The number of unbranched alkanes of at least 4 members (excludes halogenated alkanes) is 23. The van der Waals surface area contributed by atoms with Gasteiger partial charge in [0.1, 0.15) is 0 Å². The Morgan fingerprint density at radius 2 is 0.911 bits per heavy atom. The third kappa shape index (κ3) is 49.8.